The maximum atomic E-state index is 13.3. The van der Waals surface area contributed by atoms with Crippen LogP contribution in [0.25, 0.3) is 0 Å². The summed E-state index contributed by atoms with van der Waals surface area (Å²) in [6.07, 6.45) is 1.40. The highest BCUT2D eigenvalue weighted by Crippen LogP contribution is 2.31. The van der Waals surface area contributed by atoms with Crippen LogP contribution in [0, 0.1) is 5.82 Å². The van der Waals surface area contributed by atoms with Gasteiger partial charge in [-0.05, 0) is 49.1 Å². The van der Waals surface area contributed by atoms with Crippen LogP contribution in [0.2, 0.25) is 0 Å². The molecule has 0 aromatic heterocycles. The Morgan fingerprint density at radius 1 is 1.00 bits per heavy atom. The van der Waals surface area contributed by atoms with Crippen LogP contribution in [0.1, 0.15) is 43.0 Å². The van der Waals surface area contributed by atoms with E-state index in [-0.39, 0.29) is 17.8 Å². The minimum absolute atomic E-state index is 0.0228. The number of nitrogens with zero attached hydrogens (tertiary/aromatic N) is 2. The van der Waals surface area contributed by atoms with Crippen molar-refractivity contribution in [2.45, 2.75) is 38.3 Å². The molecule has 3 aromatic rings. The fourth-order valence-corrected chi connectivity index (χ4v) is 4.05. The van der Waals surface area contributed by atoms with E-state index in [0.717, 1.165) is 24.1 Å². The highest BCUT2D eigenvalue weighted by atomic mass is 19.1. The van der Waals surface area contributed by atoms with Crippen molar-refractivity contribution >= 4 is 11.6 Å². The molecule has 1 atom stereocenters. The maximum Gasteiger partial charge on any atom is 0.268 e. The molecule has 4 rings (SSSR count). The summed E-state index contributed by atoms with van der Waals surface area (Å²) in [7, 11) is 0. The number of benzene rings is 3. The SMILES string of the molecule is CC(C)(NC(=O)C1=NN(CCc2ccccc2)C(c2ccccc2)C1)c1ccc(F)cc1. The third kappa shape index (κ3) is 5.05. The van der Waals surface area contributed by atoms with Gasteiger partial charge in [-0.2, -0.15) is 5.10 Å². The first-order valence-electron chi connectivity index (χ1n) is 10.9. The van der Waals surface area contributed by atoms with E-state index in [2.05, 4.69) is 29.6 Å². The fraction of sp³-hybridized carbons (Fsp3) is 0.259. The van der Waals surface area contributed by atoms with Crippen LogP contribution in [0.4, 0.5) is 4.39 Å². The van der Waals surface area contributed by atoms with Gasteiger partial charge in [0.05, 0.1) is 11.6 Å². The summed E-state index contributed by atoms with van der Waals surface area (Å²) < 4.78 is 13.3. The van der Waals surface area contributed by atoms with Gasteiger partial charge >= 0.3 is 0 Å². The number of nitrogens with one attached hydrogen (secondary N) is 1. The monoisotopic (exact) mass is 429 g/mol. The number of rotatable bonds is 7. The third-order valence-electron chi connectivity index (χ3n) is 5.91. The summed E-state index contributed by atoms with van der Waals surface area (Å²) in [5, 5.41) is 9.84. The summed E-state index contributed by atoms with van der Waals surface area (Å²) in [6, 6.07) is 26.7. The Kier molecular flexibility index (Phi) is 6.35. The number of hydrogen-bond donors (Lipinski definition) is 1. The van der Waals surface area contributed by atoms with E-state index in [0.29, 0.717) is 12.1 Å². The van der Waals surface area contributed by atoms with Crippen LogP contribution in [0.15, 0.2) is 90.0 Å². The molecule has 0 spiro atoms. The van der Waals surface area contributed by atoms with Crippen molar-refractivity contribution in [3.63, 3.8) is 0 Å². The number of carbonyl (C=O) groups excluding carboxylic acids is 1. The van der Waals surface area contributed by atoms with Gasteiger partial charge in [0.25, 0.3) is 5.91 Å². The van der Waals surface area contributed by atoms with Gasteiger partial charge in [-0.1, -0.05) is 72.8 Å². The molecule has 0 radical (unpaired) electrons. The molecule has 1 aliphatic heterocycles. The number of halogens is 1. The van der Waals surface area contributed by atoms with Crippen molar-refractivity contribution in [3.8, 4) is 0 Å². The number of amides is 1. The van der Waals surface area contributed by atoms with Gasteiger partial charge in [-0.15, -0.1) is 0 Å². The Labute approximate surface area is 188 Å². The summed E-state index contributed by atoms with van der Waals surface area (Å²) in [5.74, 6) is -0.488. The topological polar surface area (TPSA) is 44.7 Å². The molecule has 0 bridgehead atoms. The van der Waals surface area contributed by atoms with E-state index in [9.17, 15) is 9.18 Å². The normalized spacial score (nSPS) is 16.0. The highest BCUT2D eigenvalue weighted by molar-refractivity contribution is 6.39. The molecule has 164 valence electrons. The van der Waals surface area contributed by atoms with Crippen molar-refractivity contribution < 1.29 is 9.18 Å². The average Bonchev–Trinajstić information content (AvgIpc) is 3.24. The smallest absolute Gasteiger partial charge is 0.268 e. The van der Waals surface area contributed by atoms with Crippen LogP contribution >= 0.6 is 0 Å². The van der Waals surface area contributed by atoms with Crippen LogP contribution in [0.3, 0.4) is 0 Å². The second-order valence-corrected chi connectivity index (χ2v) is 8.66. The molecule has 3 aromatic carbocycles. The molecule has 0 saturated heterocycles. The maximum absolute atomic E-state index is 13.3. The minimum Gasteiger partial charge on any atom is -0.342 e. The molecule has 0 aliphatic carbocycles. The highest BCUT2D eigenvalue weighted by Gasteiger charge is 2.33. The Balaban J connectivity index is 1.51. The first-order chi connectivity index (χ1) is 15.4. The van der Waals surface area contributed by atoms with Crippen molar-refractivity contribution in [1.29, 1.82) is 0 Å². The summed E-state index contributed by atoms with van der Waals surface area (Å²) in [6.45, 7) is 4.55. The molecule has 5 heteroatoms. The van der Waals surface area contributed by atoms with E-state index in [1.165, 1.54) is 17.7 Å². The van der Waals surface area contributed by atoms with Crippen LogP contribution in [-0.4, -0.2) is 23.2 Å². The van der Waals surface area contributed by atoms with Crippen molar-refractivity contribution in [2.75, 3.05) is 6.54 Å². The first-order valence-corrected chi connectivity index (χ1v) is 10.9. The number of hydrogen-bond acceptors (Lipinski definition) is 3. The predicted molar refractivity (Wildman–Crippen MR) is 126 cm³/mol. The van der Waals surface area contributed by atoms with E-state index >= 15 is 0 Å². The third-order valence-corrected chi connectivity index (χ3v) is 5.91. The van der Waals surface area contributed by atoms with E-state index in [1.54, 1.807) is 12.1 Å². The second-order valence-electron chi connectivity index (χ2n) is 8.66. The molecule has 32 heavy (non-hydrogen) atoms. The standard InChI is InChI=1S/C27H28FN3O/c1-27(2,22-13-15-23(28)16-14-22)29-26(32)24-19-25(21-11-7-4-8-12-21)31(30-24)18-17-20-9-5-3-6-10-20/h3-16,25H,17-19H2,1-2H3,(H,29,32). The van der Waals surface area contributed by atoms with E-state index in [1.807, 2.05) is 55.3 Å². The summed E-state index contributed by atoms with van der Waals surface area (Å²) >= 11 is 0. The number of hydrazone groups is 1. The van der Waals surface area contributed by atoms with Gasteiger partial charge in [-0.3, -0.25) is 9.80 Å². The zero-order valence-corrected chi connectivity index (χ0v) is 18.5. The van der Waals surface area contributed by atoms with Crippen molar-refractivity contribution in [2.24, 2.45) is 5.10 Å². The predicted octanol–water partition coefficient (Wildman–Crippen LogP) is 5.22. The molecule has 1 amide bonds. The molecule has 0 fully saturated rings. The molecule has 1 aliphatic rings. The molecule has 1 unspecified atom stereocenters. The molecular formula is C27H28FN3O. The van der Waals surface area contributed by atoms with Crippen LogP contribution < -0.4 is 5.32 Å². The van der Waals surface area contributed by atoms with Gasteiger partial charge in [0.2, 0.25) is 0 Å². The van der Waals surface area contributed by atoms with Gasteiger partial charge in [0, 0.05) is 13.0 Å². The van der Waals surface area contributed by atoms with Crippen LogP contribution in [0.5, 0.6) is 0 Å². The lowest BCUT2D eigenvalue weighted by atomic mass is 9.93. The zero-order chi connectivity index (χ0) is 22.6. The zero-order valence-electron chi connectivity index (χ0n) is 18.5. The fourth-order valence-electron chi connectivity index (χ4n) is 4.05. The Hall–Kier alpha value is -3.47. The lowest BCUT2D eigenvalue weighted by molar-refractivity contribution is -0.116. The number of carbonyl (C=O) groups is 1. The van der Waals surface area contributed by atoms with E-state index < -0.39 is 5.54 Å². The second kappa shape index (κ2) is 9.35. The van der Waals surface area contributed by atoms with Crippen LogP contribution in [-0.2, 0) is 16.8 Å². The lowest BCUT2D eigenvalue weighted by Gasteiger charge is -2.26. The van der Waals surface area contributed by atoms with Gasteiger partial charge in [0.15, 0.2) is 0 Å². The lowest BCUT2D eigenvalue weighted by Crippen LogP contribution is -2.44. The minimum atomic E-state index is -0.646. The first kappa shape index (κ1) is 21.8. The Morgan fingerprint density at radius 3 is 2.28 bits per heavy atom. The molecule has 1 heterocycles. The molecule has 1 N–H and O–H groups in total. The van der Waals surface area contributed by atoms with Crippen molar-refractivity contribution in [1.82, 2.24) is 10.3 Å². The summed E-state index contributed by atoms with van der Waals surface area (Å²) in [4.78, 5) is 13.2. The summed E-state index contributed by atoms with van der Waals surface area (Å²) in [5.41, 5.74) is 3.09. The Bertz CT molecular complexity index is 1080. The van der Waals surface area contributed by atoms with E-state index in [4.69, 9.17) is 5.10 Å². The molecular weight excluding hydrogens is 401 g/mol. The Morgan fingerprint density at radius 2 is 1.62 bits per heavy atom. The van der Waals surface area contributed by atoms with Gasteiger partial charge in [0.1, 0.15) is 11.5 Å². The molecule has 4 nitrogen and oxygen atoms in total. The van der Waals surface area contributed by atoms with Crippen molar-refractivity contribution in [3.05, 3.63) is 107 Å². The van der Waals surface area contributed by atoms with Gasteiger partial charge in [-0.25, -0.2) is 4.39 Å². The molecule has 0 saturated carbocycles. The van der Waals surface area contributed by atoms with Gasteiger partial charge < -0.3 is 5.32 Å². The average molecular weight is 430 g/mol. The quantitative estimate of drug-likeness (QED) is 0.559. The largest absolute Gasteiger partial charge is 0.342 e.